The van der Waals surface area contributed by atoms with E-state index in [0.29, 0.717) is 12.5 Å². The highest BCUT2D eigenvalue weighted by molar-refractivity contribution is 5.76. The van der Waals surface area contributed by atoms with Crippen LogP contribution in [0.5, 0.6) is 0 Å². The number of benzene rings is 1. The summed E-state index contributed by atoms with van der Waals surface area (Å²) < 4.78 is 0. The molecule has 3 fully saturated rings. The van der Waals surface area contributed by atoms with Crippen molar-refractivity contribution in [1.29, 1.82) is 0 Å². The summed E-state index contributed by atoms with van der Waals surface area (Å²) in [4.78, 5) is 17.6. The molecule has 2 heterocycles. The van der Waals surface area contributed by atoms with Crippen LogP contribution in [-0.4, -0.2) is 54.5 Å². The molecule has 4 rings (SSSR count). The Morgan fingerprint density at radius 3 is 2.38 bits per heavy atom. The predicted molar refractivity (Wildman–Crippen MR) is 119 cm³/mol. The summed E-state index contributed by atoms with van der Waals surface area (Å²) in [5, 5.41) is 3.30. The van der Waals surface area contributed by atoms with Crippen LogP contribution in [0.15, 0.2) is 30.3 Å². The number of piperidine rings is 1. The van der Waals surface area contributed by atoms with Gasteiger partial charge in [0.05, 0.1) is 0 Å². The molecule has 4 heteroatoms. The third-order valence-electron chi connectivity index (χ3n) is 7.36. The monoisotopic (exact) mass is 397 g/mol. The summed E-state index contributed by atoms with van der Waals surface area (Å²) in [6.45, 7) is 6.89. The van der Waals surface area contributed by atoms with Gasteiger partial charge in [-0.1, -0.05) is 43.2 Å². The van der Waals surface area contributed by atoms with E-state index in [4.69, 9.17) is 0 Å². The van der Waals surface area contributed by atoms with Gasteiger partial charge in [-0.05, 0) is 69.0 Å². The van der Waals surface area contributed by atoms with Crippen LogP contribution >= 0.6 is 0 Å². The van der Waals surface area contributed by atoms with E-state index in [-0.39, 0.29) is 5.91 Å². The summed E-state index contributed by atoms with van der Waals surface area (Å²) in [5.74, 6) is 1.98. The number of rotatable bonds is 8. The van der Waals surface area contributed by atoms with Gasteiger partial charge in [0, 0.05) is 38.6 Å². The molecule has 1 aromatic carbocycles. The van der Waals surface area contributed by atoms with Crippen LogP contribution in [0.2, 0.25) is 0 Å². The van der Waals surface area contributed by atoms with Crippen molar-refractivity contribution < 1.29 is 4.79 Å². The second kappa shape index (κ2) is 10.6. The van der Waals surface area contributed by atoms with E-state index in [9.17, 15) is 4.79 Å². The standard InChI is InChI=1S/C25H39N3O/c29-25(26-24-14-17-28(20-24)19-23-6-2-1-3-7-23)11-10-21-12-15-27(16-13-21)18-22-8-4-5-9-22/h1-3,6-7,21-22,24H,4-5,8-20H2,(H,26,29). The fraction of sp³-hybridized carbons (Fsp3) is 0.720. The van der Waals surface area contributed by atoms with Gasteiger partial charge in [0.1, 0.15) is 0 Å². The first-order valence-corrected chi connectivity index (χ1v) is 12.0. The Bertz CT molecular complexity index is 620. The Morgan fingerprint density at radius 2 is 1.62 bits per heavy atom. The van der Waals surface area contributed by atoms with E-state index in [1.807, 2.05) is 0 Å². The lowest BCUT2D eigenvalue weighted by atomic mass is 9.91. The number of nitrogens with one attached hydrogen (secondary N) is 1. The molecule has 29 heavy (non-hydrogen) atoms. The molecule has 4 nitrogen and oxygen atoms in total. The number of carbonyl (C=O) groups is 1. The molecule has 1 saturated carbocycles. The van der Waals surface area contributed by atoms with Crippen molar-refractivity contribution in [2.24, 2.45) is 11.8 Å². The van der Waals surface area contributed by atoms with Gasteiger partial charge in [-0.25, -0.2) is 0 Å². The zero-order chi connectivity index (χ0) is 19.9. The summed E-state index contributed by atoms with van der Waals surface area (Å²) in [6, 6.07) is 11.0. The van der Waals surface area contributed by atoms with Crippen molar-refractivity contribution in [2.45, 2.75) is 70.4 Å². The van der Waals surface area contributed by atoms with Crippen molar-refractivity contribution in [3.8, 4) is 0 Å². The van der Waals surface area contributed by atoms with Crippen LogP contribution in [0.3, 0.4) is 0 Å². The lowest BCUT2D eigenvalue weighted by molar-refractivity contribution is -0.122. The molecule has 1 unspecified atom stereocenters. The molecular weight excluding hydrogens is 358 g/mol. The number of carbonyl (C=O) groups excluding carboxylic acids is 1. The number of amides is 1. The number of hydrogen-bond donors (Lipinski definition) is 1. The predicted octanol–water partition coefficient (Wildman–Crippen LogP) is 4.06. The molecule has 160 valence electrons. The van der Waals surface area contributed by atoms with Gasteiger partial charge in [0.25, 0.3) is 0 Å². The highest BCUT2D eigenvalue weighted by Gasteiger charge is 2.26. The molecule has 1 amide bonds. The van der Waals surface area contributed by atoms with E-state index in [1.54, 1.807) is 0 Å². The molecule has 0 bridgehead atoms. The Balaban J connectivity index is 1.09. The first kappa shape index (κ1) is 20.9. The SMILES string of the molecule is O=C(CCC1CCN(CC2CCCC2)CC1)NC1CCN(Cc2ccccc2)C1. The van der Waals surface area contributed by atoms with Gasteiger partial charge in [0.15, 0.2) is 0 Å². The van der Waals surface area contributed by atoms with E-state index in [0.717, 1.165) is 44.3 Å². The van der Waals surface area contributed by atoms with Gasteiger partial charge < -0.3 is 10.2 Å². The van der Waals surface area contributed by atoms with Crippen LogP contribution in [-0.2, 0) is 11.3 Å². The first-order chi connectivity index (χ1) is 14.2. The molecule has 0 aromatic heterocycles. The maximum absolute atomic E-state index is 12.5. The Hall–Kier alpha value is -1.39. The Kier molecular flexibility index (Phi) is 7.61. The fourth-order valence-corrected chi connectivity index (χ4v) is 5.59. The van der Waals surface area contributed by atoms with Gasteiger partial charge in [0.2, 0.25) is 5.91 Å². The maximum Gasteiger partial charge on any atom is 0.220 e. The third kappa shape index (κ3) is 6.55. The van der Waals surface area contributed by atoms with Gasteiger partial charge >= 0.3 is 0 Å². The van der Waals surface area contributed by atoms with Crippen molar-refractivity contribution in [3.63, 3.8) is 0 Å². The lowest BCUT2D eigenvalue weighted by Gasteiger charge is -2.33. The molecule has 0 spiro atoms. The molecule has 1 N–H and O–H groups in total. The smallest absolute Gasteiger partial charge is 0.220 e. The molecule has 3 aliphatic rings. The van der Waals surface area contributed by atoms with E-state index in [1.165, 1.54) is 63.7 Å². The van der Waals surface area contributed by atoms with Gasteiger partial charge in [-0.15, -0.1) is 0 Å². The van der Waals surface area contributed by atoms with Gasteiger partial charge in [-0.2, -0.15) is 0 Å². The molecular formula is C25H39N3O. The molecule has 1 aliphatic carbocycles. The minimum atomic E-state index is 0.268. The number of likely N-dealkylation sites (tertiary alicyclic amines) is 2. The summed E-state index contributed by atoms with van der Waals surface area (Å²) >= 11 is 0. The third-order valence-corrected chi connectivity index (χ3v) is 7.36. The van der Waals surface area contributed by atoms with Crippen molar-refractivity contribution in [1.82, 2.24) is 15.1 Å². The highest BCUT2D eigenvalue weighted by atomic mass is 16.1. The second-order valence-electron chi connectivity index (χ2n) is 9.71. The lowest BCUT2D eigenvalue weighted by Crippen LogP contribution is -2.38. The van der Waals surface area contributed by atoms with E-state index < -0.39 is 0 Å². The number of hydrogen-bond acceptors (Lipinski definition) is 3. The topological polar surface area (TPSA) is 35.6 Å². The molecule has 1 aromatic rings. The normalized spacial score (nSPS) is 24.9. The second-order valence-corrected chi connectivity index (χ2v) is 9.71. The average Bonchev–Trinajstić information content (AvgIpc) is 3.40. The summed E-state index contributed by atoms with van der Waals surface area (Å²) in [5.41, 5.74) is 1.36. The van der Waals surface area contributed by atoms with Gasteiger partial charge in [-0.3, -0.25) is 9.69 Å². The maximum atomic E-state index is 12.5. The Morgan fingerprint density at radius 1 is 0.897 bits per heavy atom. The van der Waals surface area contributed by atoms with Crippen LogP contribution in [0.4, 0.5) is 0 Å². The molecule has 1 atom stereocenters. The van der Waals surface area contributed by atoms with E-state index in [2.05, 4.69) is 45.4 Å². The molecule has 0 radical (unpaired) electrons. The van der Waals surface area contributed by atoms with Crippen molar-refractivity contribution in [3.05, 3.63) is 35.9 Å². The highest BCUT2D eigenvalue weighted by Crippen LogP contribution is 2.28. The van der Waals surface area contributed by atoms with Crippen LogP contribution in [0.1, 0.15) is 63.4 Å². The van der Waals surface area contributed by atoms with Crippen LogP contribution in [0, 0.1) is 11.8 Å². The summed E-state index contributed by atoms with van der Waals surface area (Å²) in [6.07, 6.45) is 11.2. The minimum absolute atomic E-state index is 0.268. The van der Waals surface area contributed by atoms with Crippen molar-refractivity contribution in [2.75, 3.05) is 32.7 Å². The zero-order valence-corrected chi connectivity index (χ0v) is 18.0. The first-order valence-electron chi connectivity index (χ1n) is 12.0. The van der Waals surface area contributed by atoms with Crippen LogP contribution in [0.25, 0.3) is 0 Å². The Labute approximate surface area is 177 Å². The quantitative estimate of drug-likeness (QED) is 0.718. The minimum Gasteiger partial charge on any atom is -0.352 e. The molecule has 2 aliphatic heterocycles. The van der Waals surface area contributed by atoms with E-state index >= 15 is 0 Å². The fourth-order valence-electron chi connectivity index (χ4n) is 5.59. The largest absolute Gasteiger partial charge is 0.352 e. The van der Waals surface area contributed by atoms with Crippen molar-refractivity contribution >= 4 is 5.91 Å². The number of nitrogens with zero attached hydrogens (tertiary/aromatic N) is 2. The summed E-state index contributed by atoms with van der Waals surface area (Å²) in [7, 11) is 0. The molecule has 2 saturated heterocycles. The average molecular weight is 398 g/mol. The zero-order valence-electron chi connectivity index (χ0n) is 18.0. The van der Waals surface area contributed by atoms with Crippen LogP contribution < -0.4 is 5.32 Å².